The Labute approximate surface area is 130 Å². The monoisotopic (exact) mass is 328 g/mol. The minimum atomic E-state index is -3.65. The molecule has 0 fully saturated rings. The lowest BCUT2D eigenvalue weighted by Crippen LogP contribution is -2.41. The van der Waals surface area contributed by atoms with Crippen molar-refractivity contribution in [2.24, 2.45) is 0 Å². The molecule has 0 aliphatic carbocycles. The first-order valence-corrected chi connectivity index (χ1v) is 8.46. The molecule has 0 atom stereocenters. The van der Waals surface area contributed by atoms with Gasteiger partial charge in [-0.3, -0.25) is 4.79 Å². The summed E-state index contributed by atoms with van der Waals surface area (Å²) in [4.78, 5) is 13.2. The SMILES string of the molecule is CC(=O)N(CCNS(=O)(=O)c1ccc2c(c1)OCO2)C(C)C. The zero-order chi connectivity index (χ0) is 16.3. The Hall–Kier alpha value is -1.80. The molecule has 1 N–H and O–H groups in total. The highest BCUT2D eigenvalue weighted by molar-refractivity contribution is 7.89. The van der Waals surface area contributed by atoms with Crippen molar-refractivity contribution in [1.82, 2.24) is 9.62 Å². The highest BCUT2D eigenvalue weighted by atomic mass is 32.2. The van der Waals surface area contributed by atoms with Crippen LogP contribution in [0.3, 0.4) is 0 Å². The molecule has 1 aromatic rings. The third kappa shape index (κ3) is 3.69. The van der Waals surface area contributed by atoms with Crippen LogP contribution in [0, 0.1) is 0 Å². The standard InChI is InChI=1S/C14H20N2O5S/c1-10(2)16(11(3)17)7-6-15-22(18,19)12-4-5-13-14(8-12)21-9-20-13/h4-5,8,10,15H,6-7,9H2,1-3H3. The normalized spacial score (nSPS) is 13.5. The predicted octanol–water partition coefficient (Wildman–Crippen LogP) is 0.951. The first kappa shape index (κ1) is 16.6. The highest BCUT2D eigenvalue weighted by Gasteiger charge is 2.20. The van der Waals surface area contributed by atoms with Gasteiger partial charge in [-0.15, -0.1) is 0 Å². The van der Waals surface area contributed by atoms with Crippen molar-refractivity contribution in [1.29, 1.82) is 0 Å². The van der Waals surface area contributed by atoms with Gasteiger partial charge in [-0.05, 0) is 26.0 Å². The molecule has 0 saturated carbocycles. The average molecular weight is 328 g/mol. The fourth-order valence-electron chi connectivity index (χ4n) is 2.21. The highest BCUT2D eigenvalue weighted by Crippen LogP contribution is 2.33. The van der Waals surface area contributed by atoms with Crippen LogP contribution < -0.4 is 14.2 Å². The lowest BCUT2D eigenvalue weighted by Gasteiger charge is -2.25. The molecule has 1 aliphatic rings. The van der Waals surface area contributed by atoms with E-state index in [4.69, 9.17) is 9.47 Å². The Bertz CT molecular complexity index is 657. The second kappa shape index (κ2) is 6.53. The Balaban J connectivity index is 2.01. The average Bonchev–Trinajstić information content (AvgIpc) is 2.90. The Morgan fingerprint density at radius 3 is 2.64 bits per heavy atom. The lowest BCUT2D eigenvalue weighted by molar-refractivity contribution is -0.130. The van der Waals surface area contributed by atoms with Gasteiger partial charge in [0.25, 0.3) is 0 Å². The molecule has 0 bridgehead atoms. The maximum Gasteiger partial charge on any atom is 0.240 e. The number of nitrogens with zero attached hydrogens (tertiary/aromatic N) is 1. The van der Waals surface area contributed by atoms with Gasteiger partial charge in [0.05, 0.1) is 4.90 Å². The van der Waals surface area contributed by atoms with Crippen molar-refractivity contribution < 1.29 is 22.7 Å². The summed E-state index contributed by atoms with van der Waals surface area (Å²) in [6, 6.07) is 4.47. The van der Waals surface area contributed by atoms with E-state index in [-0.39, 0.29) is 30.2 Å². The second-order valence-electron chi connectivity index (χ2n) is 5.22. The van der Waals surface area contributed by atoms with E-state index >= 15 is 0 Å². The summed E-state index contributed by atoms with van der Waals surface area (Å²) < 4.78 is 37.3. The van der Waals surface area contributed by atoms with Crippen LogP contribution in [0.2, 0.25) is 0 Å². The molecule has 0 radical (unpaired) electrons. The minimum absolute atomic E-state index is 0.0209. The molecule has 2 rings (SSSR count). The fraction of sp³-hybridized carbons (Fsp3) is 0.500. The summed E-state index contributed by atoms with van der Waals surface area (Å²) in [5.74, 6) is 0.856. The Morgan fingerprint density at radius 1 is 1.32 bits per heavy atom. The largest absolute Gasteiger partial charge is 0.454 e. The van der Waals surface area contributed by atoms with Crippen LogP contribution in [-0.2, 0) is 14.8 Å². The van der Waals surface area contributed by atoms with Gasteiger partial charge in [0, 0.05) is 32.1 Å². The van der Waals surface area contributed by atoms with Gasteiger partial charge in [-0.2, -0.15) is 0 Å². The molecule has 22 heavy (non-hydrogen) atoms. The number of amides is 1. The fourth-order valence-corrected chi connectivity index (χ4v) is 3.24. The lowest BCUT2D eigenvalue weighted by atomic mass is 10.3. The zero-order valence-electron chi connectivity index (χ0n) is 12.8. The number of nitrogens with one attached hydrogen (secondary N) is 1. The van der Waals surface area contributed by atoms with Gasteiger partial charge in [-0.25, -0.2) is 13.1 Å². The third-order valence-corrected chi connectivity index (χ3v) is 4.79. The molecule has 7 nitrogen and oxygen atoms in total. The summed E-state index contributed by atoms with van der Waals surface area (Å²) >= 11 is 0. The van der Waals surface area contributed by atoms with Crippen LogP contribution in [0.5, 0.6) is 11.5 Å². The molecular weight excluding hydrogens is 308 g/mol. The van der Waals surface area contributed by atoms with E-state index in [9.17, 15) is 13.2 Å². The van der Waals surface area contributed by atoms with Crippen molar-refractivity contribution in [3.63, 3.8) is 0 Å². The number of carbonyl (C=O) groups is 1. The van der Waals surface area contributed by atoms with Crippen LogP contribution in [0.1, 0.15) is 20.8 Å². The summed E-state index contributed by atoms with van der Waals surface area (Å²) in [5.41, 5.74) is 0. The quantitative estimate of drug-likeness (QED) is 0.840. The molecule has 1 aromatic carbocycles. The van der Waals surface area contributed by atoms with Crippen molar-refractivity contribution in [2.45, 2.75) is 31.7 Å². The van der Waals surface area contributed by atoms with Crippen LogP contribution in [0.15, 0.2) is 23.1 Å². The maximum atomic E-state index is 12.2. The number of benzene rings is 1. The number of ether oxygens (including phenoxy) is 2. The van der Waals surface area contributed by atoms with E-state index in [1.807, 2.05) is 13.8 Å². The first-order chi connectivity index (χ1) is 10.3. The maximum absolute atomic E-state index is 12.2. The van der Waals surface area contributed by atoms with Gasteiger partial charge in [-0.1, -0.05) is 0 Å². The van der Waals surface area contributed by atoms with E-state index in [1.165, 1.54) is 19.1 Å². The third-order valence-electron chi connectivity index (χ3n) is 3.33. The van der Waals surface area contributed by atoms with E-state index in [0.29, 0.717) is 18.0 Å². The van der Waals surface area contributed by atoms with Crippen molar-refractivity contribution in [2.75, 3.05) is 19.9 Å². The van der Waals surface area contributed by atoms with Gasteiger partial charge < -0.3 is 14.4 Å². The van der Waals surface area contributed by atoms with Crippen LogP contribution in [0.25, 0.3) is 0 Å². The number of rotatable bonds is 6. The number of hydrogen-bond acceptors (Lipinski definition) is 5. The van der Waals surface area contributed by atoms with E-state index in [0.717, 1.165) is 0 Å². The van der Waals surface area contributed by atoms with E-state index in [2.05, 4.69) is 4.72 Å². The van der Waals surface area contributed by atoms with Gasteiger partial charge in [0.15, 0.2) is 11.5 Å². The molecule has 0 spiro atoms. The molecule has 1 amide bonds. The molecule has 0 unspecified atom stereocenters. The number of sulfonamides is 1. The van der Waals surface area contributed by atoms with Gasteiger partial charge >= 0.3 is 0 Å². The second-order valence-corrected chi connectivity index (χ2v) is 6.99. The Kier molecular flexibility index (Phi) is 4.92. The summed E-state index contributed by atoms with van der Waals surface area (Å²) in [6.45, 7) is 5.79. The number of hydrogen-bond donors (Lipinski definition) is 1. The van der Waals surface area contributed by atoms with Crippen molar-refractivity contribution in [3.8, 4) is 11.5 Å². The smallest absolute Gasteiger partial charge is 0.240 e. The summed E-state index contributed by atoms with van der Waals surface area (Å²) in [5, 5.41) is 0. The van der Waals surface area contributed by atoms with E-state index < -0.39 is 10.0 Å². The molecule has 1 aliphatic heterocycles. The predicted molar refractivity (Wildman–Crippen MR) is 80.3 cm³/mol. The van der Waals surface area contributed by atoms with Gasteiger partial charge in [0.1, 0.15) is 0 Å². The summed E-state index contributed by atoms with van der Waals surface area (Å²) in [6.07, 6.45) is 0. The molecule has 0 saturated heterocycles. The molecule has 122 valence electrons. The topological polar surface area (TPSA) is 84.9 Å². The summed E-state index contributed by atoms with van der Waals surface area (Å²) in [7, 11) is -3.65. The Morgan fingerprint density at radius 2 is 2.00 bits per heavy atom. The number of fused-ring (bicyclic) bond motifs is 1. The zero-order valence-corrected chi connectivity index (χ0v) is 13.6. The van der Waals surface area contributed by atoms with Crippen molar-refractivity contribution >= 4 is 15.9 Å². The molecule has 8 heteroatoms. The number of carbonyl (C=O) groups excluding carboxylic acids is 1. The minimum Gasteiger partial charge on any atom is -0.454 e. The van der Waals surface area contributed by atoms with Gasteiger partial charge in [0.2, 0.25) is 22.7 Å². The molecule has 0 aromatic heterocycles. The van der Waals surface area contributed by atoms with Crippen LogP contribution in [-0.4, -0.2) is 45.1 Å². The first-order valence-electron chi connectivity index (χ1n) is 6.98. The van der Waals surface area contributed by atoms with Crippen molar-refractivity contribution in [3.05, 3.63) is 18.2 Å². The molecule has 1 heterocycles. The van der Waals surface area contributed by atoms with Crippen LogP contribution in [0.4, 0.5) is 0 Å². The van der Waals surface area contributed by atoms with E-state index in [1.54, 1.807) is 11.0 Å². The van der Waals surface area contributed by atoms with Crippen LogP contribution >= 0.6 is 0 Å². The molecular formula is C14H20N2O5S.